The van der Waals surface area contributed by atoms with Gasteiger partial charge in [0.25, 0.3) is 5.56 Å². The Morgan fingerprint density at radius 2 is 1.77 bits per heavy atom. The zero-order valence-corrected chi connectivity index (χ0v) is 16.6. The Kier molecular flexibility index (Phi) is 4.13. The molecular weight excluding hydrogens is 382 g/mol. The Balaban J connectivity index is 1.45. The molecule has 3 heterocycles. The number of esters is 1. The van der Waals surface area contributed by atoms with Crippen LogP contribution in [-0.4, -0.2) is 29.7 Å². The lowest BCUT2D eigenvalue weighted by atomic mass is 10.2. The Labute approximate surface area is 170 Å². The molecule has 2 aromatic carbocycles. The van der Waals surface area contributed by atoms with Gasteiger partial charge in [-0.15, -0.1) is 10.2 Å². The summed E-state index contributed by atoms with van der Waals surface area (Å²) in [5.41, 5.74) is 2.51. The third-order valence-electron chi connectivity index (χ3n) is 5.36. The molecule has 0 fully saturated rings. The number of nitrogens with zero attached hydrogens (tertiary/aromatic N) is 5. The molecule has 0 aliphatic rings. The van der Waals surface area contributed by atoms with Gasteiger partial charge in [-0.3, -0.25) is 18.6 Å². The number of carbonyl (C=O) groups is 1. The van der Waals surface area contributed by atoms with E-state index in [4.69, 9.17) is 4.74 Å². The lowest BCUT2D eigenvalue weighted by molar-refractivity contribution is -0.145. The van der Waals surface area contributed by atoms with Crippen molar-refractivity contribution in [3.63, 3.8) is 0 Å². The molecule has 0 atom stereocenters. The topological polar surface area (TPSA) is 83.4 Å². The van der Waals surface area contributed by atoms with Crippen LogP contribution in [0.2, 0.25) is 0 Å². The summed E-state index contributed by atoms with van der Waals surface area (Å²) in [7, 11) is 1.65. The van der Waals surface area contributed by atoms with Crippen molar-refractivity contribution in [1.82, 2.24) is 23.7 Å². The van der Waals surface area contributed by atoms with Gasteiger partial charge in [-0.25, -0.2) is 0 Å². The zero-order valence-electron chi connectivity index (χ0n) is 16.6. The average molecular weight is 401 g/mol. The molecule has 5 aromatic rings. The smallest absolute Gasteiger partial charge is 0.326 e. The number of aromatic nitrogens is 5. The number of fused-ring (bicyclic) bond motifs is 4. The molecule has 3 aromatic heterocycles. The molecule has 0 N–H and O–H groups in total. The van der Waals surface area contributed by atoms with Crippen LogP contribution < -0.4 is 5.56 Å². The second-order valence-corrected chi connectivity index (χ2v) is 7.22. The van der Waals surface area contributed by atoms with E-state index in [0.29, 0.717) is 22.5 Å². The van der Waals surface area contributed by atoms with Crippen LogP contribution in [0.3, 0.4) is 0 Å². The van der Waals surface area contributed by atoms with Gasteiger partial charge in [0.1, 0.15) is 6.54 Å². The molecule has 0 amide bonds. The number of para-hydroxylation sites is 2. The molecule has 30 heavy (non-hydrogen) atoms. The molecular formula is C22H19N5O3. The van der Waals surface area contributed by atoms with Crippen LogP contribution in [0, 0.1) is 6.92 Å². The van der Waals surface area contributed by atoms with Crippen molar-refractivity contribution >= 4 is 33.6 Å². The van der Waals surface area contributed by atoms with E-state index in [9.17, 15) is 9.59 Å². The Bertz CT molecular complexity index is 1490. The maximum absolute atomic E-state index is 12.6. The van der Waals surface area contributed by atoms with E-state index in [1.165, 1.54) is 4.57 Å². The summed E-state index contributed by atoms with van der Waals surface area (Å²) in [6.45, 7) is 2.03. The molecule has 5 rings (SSSR count). The Morgan fingerprint density at radius 3 is 2.60 bits per heavy atom. The monoisotopic (exact) mass is 401 g/mol. The number of aryl methyl sites for hydroxylation is 2. The van der Waals surface area contributed by atoms with E-state index in [1.807, 2.05) is 60.0 Å². The minimum atomic E-state index is -0.370. The molecule has 8 nitrogen and oxygen atoms in total. The van der Waals surface area contributed by atoms with E-state index < -0.39 is 0 Å². The highest BCUT2D eigenvalue weighted by atomic mass is 16.5. The maximum atomic E-state index is 12.6. The second kappa shape index (κ2) is 6.84. The van der Waals surface area contributed by atoms with E-state index in [-0.39, 0.29) is 24.7 Å². The fraction of sp³-hybridized carbons (Fsp3) is 0.182. The highest BCUT2D eigenvalue weighted by Crippen LogP contribution is 2.19. The lowest BCUT2D eigenvalue weighted by Gasteiger charge is -2.10. The highest BCUT2D eigenvalue weighted by Gasteiger charge is 2.16. The van der Waals surface area contributed by atoms with Gasteiger partial charge < -0.3 is 9.30 Å². The normalized spacial score (nSPS) is 11.5. The summed E-state index contributed by atoms with van der Waals surface area (Å²) >= 11 is 0. The van der Waals surface area contributed by atoms with Gasteiger partial charge in [0.05, 0.1) is 10.9 Å². The third kappa shape index (κ3) is 2.76. The number of carbonyl (C=O) groups excluding carboxylic acids is 1. The minimum absolute atomic E-state index is 0.0412. The van der Waals surface area contributed by atoms with Crippen molar-refractivity contribution in [3.05, 3.63) is 76.5 Å². The van der Waals surface area contributed by atoms with Gasteiger partial charge in [0, 0.05) is 18.3 Å². The molecule has 0 aliphatic carbocycles. The van der Waals surface area contributed by atoms with Crippen molar-refractivity contribution in [3.8, 4) is 0 Å². The van der Waals surface area contributed by atoms with Crippen LogP contribution in [0.5, 0.6) is 0 Å². The van der Waals surface area contributed by atoms with Crippen LogP contribution >= 0.6 is 0 Å². The molecule has 8 heteroatoms. The Hall–Kier alpha value is -3.94. The minimum Gasteiger partial charge on any atom is -0.456 e. The first-order valence-corrected chi connectivity index (χ1v) is 9.57. The summed E-state index contributed by atoms with van der Waals surface area (Å²) in [5.74, 6) is 0.488. The molecule has 150 valence electrons. The number of ether oxygens (including phenoxy) is 1. The van der Waals surface area contributed by atoms with Gasteiger partial charge in [-0.2, -0.15) is 0 Å². The van der Waals surface area contributed by atoms with Crippen LogP contribution in [0.4, 0.5) is 0 Å². The van der Waals surface area contributed by atoms with Gasteiger partial charge in [-0.1, -0.05) is 30.3 Å². The quantitative estimate of drug-likeness (QED) is 0.432. The molecule has 0 aliphatic heterocycles. The largest absolute Gasteiger partial charge is 0.456 e. The van der Waals surface area contributed by atoms with Crippen LogP contribution in [0.25, 0.3) is 27.6 Å². The van der Waals surface area contributed by atoms with Gasteiger partial charge in [0.2, 0.25) is 5.78 Å². The molecule has 0 unspecified atom stereocenters. The summed E-state index contributed by atoms with van der Waals surface area (Å²) < 4.78 is 10.6. The van der Waals surface area contributed by atoms with E-state index >= 15 is 0 Å². The fourth-order valence-electron chi connectivity index (χ4n) is 3.86. The Morgan fingerprint density at radius 1 is 1.03 bits per heavy atom. The van der Waals surface area contributed by atoms with Gasteiger partial charge in [0.15, 0.2) is 12.4 Å². The van der Waals surface area contributed by atoms with E-state index in [0.717, 1.165) is 16.6 Å². The molecule has 0 bridgehead atoms. The van der Waals surface area contributed by atoms with Crippen molar-refractivity contribution in [2.24, 2.45) is 7.05 Å². The predicted molar refractivity (Wildman–Crippen MR) is 112 cm³/mol. The van der Waals surface area contributed by atoms with E-state index in [1.54, 1.807) is 17.5 Å². The second-order valence-electron chi connectivity index (χ2n) is 7.22. The van der Waals surface area contributed by atoms with Crippen molar-refractivity contribution in [2.45, 2.75) is 20.1 Å². The first-order valence-electron chi connectivity index (χ1n) is 9.57. The lowest BCUT2D eigenvalue weighted by Crippen LogP contribution is -2.20. The van der Waals surface area contributed by atoms with Crippen LogP contribution in [0.1, 0.15) is 11.5 Å². The van der Waals surface area contributed by atoms with Crippen molar-refractivity contribution in [1.29, 1.82) is 0 Å². The van der Waals surface area contributed by atoms with Crippen LogP contribution in [0.15, 0.2) is 59.4 Å². The van der Waals surface area contributed by atoms with Gasteiger partial charge in [-0.05, 0) is 36.6 Å². The molecule has 0 radical (unpaired) electrons. The number of hydrogen-bond donors (Lipinski definition) is 0. The number of hydrogen-bond acceptors (Lipinski definition) is 5. The summed E-state index contributed by atoms with van der Waals surface area (Å²) in [4.78, 5) is 25.1. The van der Waals surface area contributed by atoms with Crippen molar-refractivity contribution < 1.29 is 9.53 Å². The zero-order chi connectivity index (χ0) is 20.8. The SMILES string of the molecule is Cc1cc2ccccc2n1CC(=O)OCc1nnc2n(C)c(=O)c3ccccc3n12. The highest BCUT2D eigenvalue weighted by molar-refractivity contribution is 5.83. The molecule has 0 saturated heterocycles. The molecule has 0 spiro atoms. The van der Waals surface area contributed by atoms with Gasteiger partial charge >= 0.3 is 5.97 Å². The van der Waals surface area contributed by atoms with E-state index in [2.05, 4.69) is 10.2 Å². The third-order valence-corrected chi connectivity index (χ3v) is 5.36. The van der Waals surface area contributed by atoms with Crippen LogP contribution in [-0.2, 0) is 29.7 Å². The standard InChI is InChI=1S/C22H19N5O3/c1-14-11-15-7-3-5-9-17(15)26(14)12-20(28)30-13-19-23-24-22-25(2)21(29)16-8-4-6-10-18(16)27(19)22/h3-11H,12-13H2,1-2H3. The first-order chi connectivity index (χ1) is 14.5. The molecule has 0 saturated carbocycles. The number of rotatable bonds is 4. The fourth-order valence-corrected chi connectivity index (χ4v) is 3.86. The predicted octanol–water partition coefficient (Wildman–Crippen LogP) is 2.59. The first kappa shape index (κ1) is 18.1. The van der Waals surface area contributed by atoms with Crippen molar-refractivity contribution in [2.75, 3.05) is 0 Å². The summed E-state index contributed by atoms with van der Waals surface area (Å²) in [5, 5.41) is 9.90. The summed E-state index contributed by atoms with van der Waals surface area (Å²) in [6.07, 6.45) is 0. The maximum Gasteiger partial charge on any atom is 0.326 e. The number of benzene rings is 2. The average Bonchev–Trinajstić information content (AvgIpc) is 3.32. The summed E-state index contributed by atoms with van der Waals surface area (Å²) in [6, 6.07) is 17.2.